The molecule has 4 nitrogen and oxygen atoms in total. The second kappa shape index (κ2) is 3.89. The van der Waals surface area contributed by atoms with Gasteiger partial charge in [0.15, 0.2) is 0 Å². The Bertz CT molecular complexity index is 547. The molecule has 1 unspecified atom stereocenters. The fourth-order valence-electron chi connectivity index (χ4n) is 2.55. The van der Waals surface area contributed by atoms with Crippen LogP contribution in [0.4, 0.5) is 0 Å². The summed E-state index contributed by atoms with van der Waals surface area (Å²) in [7, 11) is 0. The molecule has 1 aromatic carbocycles. The number of phenols is 1. The first kappa shape index (κ1) is 10.4. The molecule has 1 aliphatic rings. The first-order valence-corrected chi connectivity index (χ1v) is 5.86. The number of fused-ring (bicyclic) bond motifs is 1. The number of nitrogens with zero attached hydrogens (tertiary/aromatic N) is 2. The number of aromatic hydroxyl groups is 1. The summed E-state index contributed by atoms with van der Waals surface area (Å²) in [5.74, 6) is 0.642. The molecule has 0 radical (unpaired) electrons. The minimum Gasteiger partial charge on any atom is -0.508 e. The summed E-state index contributed by atoms with van der Waals surface area (Å²) in [5, 5.41) is 13.9. The van der Waals surface area contributed by atoms with Crippen molar-refractivity contribution in [3.63, 3.8) is 0 Å². The maximum absolute atomic E-state index is 9.52. The Kier molecular flexibility index (Phi) is 2.37. The zero-order valence-electron chi connectivity index (χ0n) is 9.50. The SMILES string of the molecule is NCC1CCc2cnn(-c3cccc(O)c3)c21. The van der Waals surface area contributed by atoms with Crippen LogP contribution in [0.3, 0.4) is 0 Å². The monoisotopic (exact) mass is 229 g/mol. The number of benzene rings is 1. The highest BCUT2D eigenvalue weighted by Gasteiger charge is 2.26. The van der Waals surface area contributed by atoms with E-state index in [0.29, 0.717) is 12.5 Å². The molecule has 0 saturated carbocycles. The van der Waals surface area contributed by atoms with Gasteiger partial charge in [-0.1, -0.05) is 6.07 Å². The van der Waals surface area contributed by atoms with Gasteiger partial charge in [0.25, 0.3) is 0 Å². The van der Waals surface area contributed by atoms with E-state index in [-0.39, 0.29) is 5.75 Å². The van der Waals surface area contributed by atoms with E-state index in [4.69, 9.17) is 5.73 Å². The van der Waals surface area contributed by atoms with E-state index in [9.17, 15) is 5.11 Å². The van der Waals surface area contributed by atoms with Crippen LogP contribution in [-0.2, 0) is 6.42 Å². The highest BCUT2D eigenvalue weighted by molar-refractivity contribution is 5.42. The molecule has 2 aromatic rings. The van der Waals surface area contributed by atoms with Crippen molar-refractivity contribution in [3.8, 4) is 11.4 Å². The first-order valence-electron chi connectivity index (χ1n) is 5.86. The molecule has 3 rings (SSSR count). The summed E-state index contributed by atoms with van der Waals surface area (Å²) in [6.45, 7) is 0.650. The standard InChI is InChI=1S/C13H15N3O/c14-7-9-4-5-10-8-15-16(13(9)10)11-2-1-3-12(17)6-11/h1-3,6,8-9,17H,4-5,7,14H2. The van der Waals surface area contributed by atoms with Crippen molar-refractivity contribution in [1.82, 2.24) is 9.78 Å². The normalized spacial score (nSPS) is 18.3. The molecule has 1 aromatic heterocycles. The van der Waals surface area contributed by atoms with Crippen molar-refractivity contribution in [1.29, 1.82) is 0 Å². The number of rotatable bonds is 2. The van der Waals surface area contributed by atoms with E-state index < -0.39 is 0 Å². The van der Waals surface area contributed by atoms with Gasteiger partial charge in [0.2, 0.25) is 0 Å². The highest BCUT2D eigenvalue weighted by atomic mass is 16.3. The van der Waals surface area contributed by atoms with Crippen molar-refractivity contribution in [2.75, 3.05) is 6.54 Å². The Labute approximate surface area is 99.7 Å². The average Bonchev–Trinajstić information content (AvgIpc) is 2.89. The molecular weight excluding hydrogens is 214 g/mol. The van der Waals surface area contributed by atoms with Gasteiger partial charge >= 0.3 is 0 Å². The lowest BCUT2D eigenvalue weighted by Crippen LogP contribution is -2.14. The molecule has 0 bridgehead atoms. The van der Waals surface area contributed by atoms with E-state index >= 15 is 0 Å². The fraction of sp³-hybridized carbons (Fsp3) is 0.308. The van der Waals surface area contributed by atoms with Gasteiger partial charge in [0, 0.05) is 18.5 Å². The molecule has 88 valence electrons. The number of aryl methyl sites for hydroxylation is 1. The van der Waals surface area contributed by atoms with Crippen LogP contribution >= 0.6 is 0 Å². The van der Waals surface area contributed by atoms with Crippen LogP contribution < -0.4 is 5.73 Å². The molecule has 0 spiro atoms. The van der Waals surface area contributed by atoms with Gasteiger partial charge in [-0.25, -0.2) is 4.68 Å². The van der Waals surface area contributed by atoms with Gasteiger partial charge in [0.1, 0.15) is 5.75 Å². The molecule has 3 N–H and O–H groups in total. The Hall–Kier alpha value is -1.81. The van der Waals surface area contributed by atoms with Crippen molar-refractivity contribution >= 4 is 0 Å². The molecule has 1 aliphatic carbocycles. The van der Waals surface area contributed by atoms with Crippen LogP contribution in [0.5, 0.6) is 5.75 Å². The second-order valence-corrected chi connectivity index (χ2v) is 4.46. The van der Waals surface area contributed by atoms with Crippen LogP contribution in [-0.4, -0.2) is 21.4 Å². The van der Waals surface area contributed by atoms with Gasteiger partial charge in [0.05, 0.1) is 17.6 Å². The highest BCUT2D eigenvalue weighted by Crippen LogP contribution is 2.33. The Morgan fingerprint density at radius 3 is 3.12 bits per heavy atom. The third-order valence-corrected chi connectivity index (χ3v) is 3.39. The minimum absolute atomic E-state index is 0.258. The maximum Gasteiger partial charge on any atom is 0.117 e. The molecule has 0 aliphatic heterocycles. The lowest BCUT2D eigenvalue weighted by molar-refractivity contribution is 0.474. The van der Waals surface area contributed by atoms with Crippen LogP contribution in [0.2, 0.25) is 0 Å². The van der Waals surface area contributed by atoms with Crippen molar-refractivity contribution in [2.24, 2.45) is 5.73 Å². The second-order valence-electron chi connectivity index (χ2n) is 4.46. The molecule has 4 heteroatoms. The Morgan fingerprint density at radius 2 is 2.35 bits per heavy atom. The van der Waals surface area contributed by atoms with E-state index in [2.05, 4.69) is 5.10 Å². The summed E-state index contributed by atoms with van der Waals surface area (Å²) in [5.41, 5.74) is 9.18. The number of hydrogen-bond donors (Lipinski definition) is 2. The van der Waals surface area contributed by atoms with Gasteiger partial charge in [-0.05, 0) is 30.5 Å². The zero-order chi connectivity index (χ0) is 11.8. The molecule has 0 saturated heterocycles. The predicted octanol–water partition coefficient (Wildman–Crippen LogP) is 1.57. The van der Waals surface area contributed by atoms with Crippen molar-refractivity contribution < 1.29 is 5.11 Å². The summed E-state index contributed by atoms with van der Waals surface area (Å²) in [4.78, 5) is 0. The minimum atomic E-state index is 0.258. The predicted molar refractivity (Wildman–Crippen MR) is 65.3 cm³/mol. The summed E-state index contributed by atoms with van der Waals surface area (Å²) >= 11 is 0. The first-order chi connectivity index (χ1) is 8.29. The molecule has 1 atom stereocenters. The average molecular weight is 229 g/mol. The van der Waals surface area contributed by atoms with E-state index in [1.165, 1.54) is 11.3 Å². The number of aromatic nitrogens is 2. The van der Waals surface area contributed by atoms with Gasteiger partial charge < -0.3 is 10.8 Å². The molecule has 0 amide bonds. The molecule has 0 fully saturated rings. The molecule has 17 heavy (non-hydrogen) atoms. The fourth-order valence-corrected chi connectivity index (χ4v) is 2.55. The van der Waals surface area contributed by atoms with Gasteiger partial charge in [-0.3, -0.25) is 0 Å². The molecule has 1 heterocycles. The Balaban J connectivity index is 2.11. The Morgan fingerprint density at radius 1 is 1.47 bits per heavy atom. The smallest absolute Gasteiger partial charge is 0.117 e. The maximum atomic E-state index is 9.52. The van der Waals surface area contributed by atoms with E-state index in [0.717, 1.165) is 18.5 Å². The van der Waals surface area contributed by atoms with Crippen LogP contribution in [0.25, 0.3) is 5.69 Å². The van der Waals surface area contributed by atoms with Crippen LogP contribution in [0, 0.1) is 0 Å². The summed E-state index contributed by atoms with van der Waals surface area (Å²) in [6, 6.07) is 7.15. The van der Waals surface area contributed by atoms with E-state index in [1.54, 1.807) is 12.1 Å². The third-order valence-electron chi connectivity index (χ3n) is 3.39. The number of phenolic OH excluding ortho intramolecular Hbond substituents is 1. The lowest BCUT2D eigenvalue weighted by Gasteiger charge is -2.12. The topological polar surface area (TPSA) is 64.1 Å². The van der Waals surface area contributed by atoms with Crippen LogP contribution in [0.15, 0.2) is 30.5 Å². The quantitative estimate of drug-likeness (QED) is 0.821. The van der Waals surface area contributed by atoms with Crippen LogP contribution in [0.1, 0.15) is 23.6 Å². The van der Waals surface area contributed by atoms with Gasteiger partial charge in [-0.15, -0.1) is 0 Å². The van der Waals surface area contributed by atoms with Crippen molar-refractivity contribution in [3.05, 3.63) is 41.7 Å². The summed E-state index contributed by atoms with van der Waals surface area (Å²) in [6.07, 6.45) is 4.06. The van der Waals surface area contributed by atoms with E-state index in [1.807, 2.05) is 23.0 Å². The summed E-state index contributed by atoms with van der Waals surface area (Å²) < 4.78 is 1.90. The number of nitrogens with two attached hydrogens (primary N) is 1. The zero-order valence-corrected chi connectivity index (χ0v) is 9.50. The largest absolute Gasteiger partial charge is 0.508 e. The molecular formula is C13H15N3O. The number of hydrogen-bond acceptors (Lipinski definition) is 3. The lowest BCUT2D eigenvalue weighted by atomic mass is 10.1. The van der Waals surface area contributed by atoms with Gasteiger partial charge in [-0.2, -0.15) is 5.10 Å². The van der Waals surface area contributed by atoms with Crippen molar-refractivity contribution in [2.45, 2.75) is 18.8 Å². The third kappa shape index (κ3) is 1.61.